The Morgan fingerprint density at radius 2 is 2.44 bits per heavy atom. The van der Waals surface area contributed by atoms with E-state index in [0.717, 1.165) is 12.6 Å². The van der Waals surface area contributed by atoms with Crippen molar-refractivity contribution >= 4 is 5.91 Å². The van der Waals surface area contributed by atoms with Gasteiger partial charge >= 0.3 is 0 Å². The van der Waals surface area contributed by atoms with Gasteiger partial charge in [-0.1, -0.05) is 0 Å². The molecule has 1 amide bonds. The van der Waals surface area contributed by atoms with E-state index in [4.69, 9.17) is 15.2 Å². The Morgan fingerprint density at radius 3 is 3.11 bits per heavy atom. The smallest absolute Gasteiger partial charge is 0.252 e. The third kappa shape index (κ3) is 3.18. The van der Waals surface area contributed by atoms with Crippen molar-refractivity contribution in [3.05, 3.63) is 29.6 Å². The molecular weight excluding hydrogens is 239 g/mol. The Morgan fingerprint density at radius 1 is 1.61 bits per heavy atom. The number of morpholine rings is 1. The normalized spacial score (nSPS) is 19.5. The summed E-state index contributed by atoms with van der Waals surface area (Å²) in [6.07, 6.45) is -0.0791. The van der Waals surface area contributed by atoms with Crippen LogP contribution < -0.4 is 15.8 Å². The van der Waals surface area contributed by atoms with Crippen molar-refractivity contribution in [1.29, 1.82) is 0 Å². The fraction of sp³-hybridized carbons (Fsp3) is 0.417. The molecule has 2 rings (SSSR count). The number of nitrogens with one attached hydrogen (secondary N) is 1. The fourth-order valence-electron chi connectivity index (χ4n) is 1.73. The van der Waals surface area contributed by atoms with E-state index in [1.165, 1.54) is 12.1 Å². The molecule has 1 heterocycles. The molecule has 1 saturated heterocycles. The molecule has 0 spiro atoms. The first kappa shape index (κ1) is 12.8. The van der Waals surface area contributed by atoms with Gasteiger partial charge in [0.2, 0.25) is 0 Å². The van der Waals surface area contributed by atoms with Gasteiger partial charge in [-0.25, -0.2) is 4.39 Å². The Balaban J connectivity index is 2.01. The van der Waals surface area contributed by atoms with Crippen molar-refractivity contribution in [3.8, 4) is 5.75 Å². The van der Waals surface area contributed by atoms with Gasteiger partial charge in [0, 0.05) is 13.1 Å². The first-order valence-electron chi connectivity index (χ1n) is 5.71. The molecule has 1 unspecified atom stereocenters. The average molecular weight is 254 g/mol. The van der Waals surface area contributed by atoms with Gasteiger partial charge in [0.15, 0.2) is 0 Å². The maximum absolute atomic E-state index is 13.0. The molecule has 1 aromatic carbocycles. The van der Waals surface area contributed by atoms with Crippen molar-refractivity contribution < 1.29 is 18.7 Å². The van der Waals surface area contributed by atoms with Crippen LogP contribution in [0.3, 0.4) is 0 Å². The van der Waals surface area contributed by atoms with Gasteiger partial charge in [0.1, 0.15) is 24.3 Å². The quantitative estimate of drug-likeness (QED) is 0.810. The number of hydrogen-bond acceptors (Lipinski definition) is 4. The van der Waals surface area contributed by atoms with Crippen LogP contribution in [0.1, 0.15) is 10.4 Å². The molecule has 1 atom stereocenters. The molecule has 0 radical (unpaired) electrons. The minimum absolute atomic E-state index is 0.0405. The predicted molar refractivity (Wildman–Crippen MR) is 63.0 cm³/mol. The minimum atomic E-state index is -0.716. The molecule has 1 aliphatic heterocycles. The lowest BCUT2D eigenvalue weighted by Crippen LogP contribution is -2.41. The molecule has 1 aromatic rings. The third-order valence-electron chi connectivity index (χ3n) is 2.64. The lowest BCUT2D eigenvalue weighted by molar-refractivity contribution is 0.0000243. The standard InChI is InChI=1S/C12H15FN2O3/c13-8-1-2-11(10(5-8)12(14)16)18-7-9-6-15-3-4-17-9/h1-2,5,9,15H,3-4,6-7H2,(H2,14,16). The van der Waals surface area contributed by atoms with Crippen LogP contribution in [-0.4, -0.2) is 38.3 Å². The van der Waals surface area contributed by atoms with Crippen LogP contribution in [0.25, 0.3) is 0 Å². The first-order valence-corrected chi connectivity index (χ1v) is 5.71. The number of ether oxygens (including phenoxy) is 2. The van der Waals surface area contributed by atoms with Gasteiger partial charge < -0.3 is 20.5 Å². The van der Waals surface area contributed by atoms with Gasteiger partial charge in [-0.3, -0.25) is 4.79 Å². The van der Waals surface area contributed by atoms with E-state index in [1.807, 2.05) is 0 Å². The highest BCUT2D eigenvalue weighted by atomic mass is 19.1. The zero-order valence-corrected chi connectivity index (χ0v) is 9.82. The predicted octanol–water partition coefficient (Wildman–Crippen LogP) is 0.292. The molecule has 0 bridgehead atoms. The topological polar surface area (TPSA) is 73.6 Å². The van der Waals surface area contributed by atoms with E-state index in [0.29, 0.717) is 19.8 Å². The van der Waals surface area contributed by atoms with Gasteiger partial charge in [0.05, 0.1) is 12.2 Å². The van der Waals surface area contributed by atoms with E-state index < -0.39 is 11.7 Å². The third-order valence-corrected chi connectivity index (χ3v) is 2.64. The molecule has 0 aromatic heterocycles. The number of nitrogens with two attached hydrogens (primary N) is 1. The molecule has 0 saturated carbocycles. The van der Waals surface area contributed by atoms with Crippen LogP contribution in [0, 0.1) is 5.82 Å². The lowest BCUT2D eigenvalue weighted by atomic mass is 10.2. The number of rotatable bonds is 4. The second kappa shape index (κ2) is 5.79. The van der Waals surface area contributed by atoms with Gasteiger partial charge in [-0.05, 0) is 18.2 Å². The summed E-state index contributed by atoms with van der Waals surface area (Å²) >= 11 is 0. The summed E-state index contributed by atoms with van der Waals surface area (Å²) in [5.74, 6) is -0.961. The number of benzene rings is 1. The van der Waals surface area contributed by atoms with Crippen LogP contribution in [0.2, 0.25) is 0 Å². The van der Waals surface area contributed by atoms with Crippen LogP contribution in [0.4, 0.5) is 4.39 Å². The first-order chi connectivity index (χ1) is 8.66. The van der Waals surface area contributed by atoms with Crippen molar-refractivity contribution in [2.24, 2.45) is 5.73 Å². The van der Waals surface area contributed by atoms with Gasteiger partial charge in [-0.15, -0.1) is 0 Å². The second-order valence-corrected chi connectivity index (χ2v) is 4.01. The molecule has 6 heteroatoms. The zero-order valence-electron chi connectivity index (χ0n) is 9.82. The summed E-state index contributed by atoms with van der Waals surface area (Å²) < 4.78 is 23.9. The summed E-state index contributed by atoms with van der Waals surface area (Å²) in [6.45, 7) is 2.42. The van der Waals surface area contributed by atoms with Crippen LogP contribution >= 0.6 is 0 Å². The molecule has 18 heavy (non-hydrogen) atoms. The average Bonchev–Trinajstić information content (AvgIpc) is 2.38. The van der Waals surface area contributed by atoms with Crippen molar-refractivity contribution in [1.82, 2.24) is 5.32 Å². The zero-order chi connectivity index (χ0) is 13.0. The number of primary amides is 1. The Hall–Kier alpha value is -1.66. The fourth-order valence-corrected chi connectivity index (χ4v) is 1.73. The van der Waals surface area contributed by atoms with Crippen molar-refractivity contribution in [2.75, 3.05) is 26.3 Å². The van der Waals surface area contributed by atoms with Gasteiger partial charge in [0.25, 0.3) is 5.91 Å². The van der Waals surface area contributed by atoms with Crippen LogP contribution in [0.15, 0.2) is 18.2 Å². The molecule has 5 nitrogen and oxygen atoms in total. The summed E-state index contributed by atoms with van der Waals surface area (Å²) in [7, 11) is 0. The maximum Gasteiger partial charge on any atom is 0.252 e. The number of carbonyl (C=O) groups excluding carboxylic acids is 1. The Labute approximate surface area is 104 Å². The number of halogens is 1. The summed E-state index contributed by atoms with van der Waals surface area (Å²) in [4.78, 5) is 11.2. The van der Waals surface area contributed by atoms with E-state index >= 15 is 0 Å². The van der Waals surface area contributed by atoms with Crippen LogP contribution in [0.5, 0.6) is 5.75 Å². The highest BCUT2D eigenvalue weighted by Crippen LogP contribution is 2.19. The number of carbonyl (C=O) groups is 1. The van der Waals surface area contributed by atoms with Crippen molar-refractivity contribution in [3.63, 3.8) is 0 Å². The van der Waals surface area contributed by atoms with E-state index in [2.05, 4.69) is 5.32 Å². The van der Waals surface area contributed by atoms with Crippen LogP contribution in [-0.2, 0) is 4.74 Å². The lowest BCUT2D eigenvalue weighted by Gasteiger charge is -2.23. The van der Waals surface area contributed by atoms with Crippen molar-refractivity contribution in [2.45, 2.75) is 6.10 Å². The highest BCUT2D eigenvalue weighted by molar-refractivity contribution is 5.95. The summed E-state index contributed by atoms with van der Waals surface area (Å²) in [6, 6.07) is 3.69. The highest BCUT2D eigenvalue weighted by Gasteiger charge is 2.16. The van der Waals surface area contributed by atoms with Gasteiger partial charge in [-0.2, -0.15) is 0 Å². The molecular formula is C12H15FN2O3. The Bertz CT molecular complexity index is 433. The SMILES string of the molecule is NC(=O)c1cc(F)ccc1OCC1CNCCO1. The molecule has 1 fully saturated rings. The second-order valence-electron chi connectivity index (χ2n) is 4.01. The monoisotopic (exact) mass is 254 g/mol. The van der Waals surface area contributed by atoms with E-state index in [1.54, 1.807) is 0 Å². The molecule has 3 N–H and O–H groups in total. The molecule has 98 valence electrons. The molecule has 0 aliphatic carbocycles. The minimum Gasteiger partial charge on any atom is -0.490 e. The summed E-state index contributed by atoms with van der Waals surface area (Å²) in [5, 5.41) is 3.16. The Kier molecular flexibility index (Phi) is 4.11. The number of amides is 1. The number of hydrogen-bond donors (Lipinski definition) is 2. The maximum atomic E-state index is 13.0. The van der Waals surface area contributed by atoms with E-state index in [-0.39, 0.29) is 17.4 Å². The largest absolute Gasteiger partial charge is 0.490 e. The summed E-state index contributed by atoms with van der Waals surface area (Å²) in [5.41, 5.74) is 5.20. The van der Waals surface area contributed by atoms with E-state index in [9.17, 15) is 9.18 Å². The molecule has 1 aliphatic rings.